The first-order chi connectivity index (χ1) is 9.47. The Morgan fingerprint density at radius 2 is 1.85 bits per heavy atom. The van der Waals surface area contributed by atoms with Gasteiger partial charge in [-0.05, 0) is 31.2 Å². The van der Waals surface area contributed by atoms with Crippen molar-refractivity contribution in [2.75, 3.05) is 0 Å². The number of carbonyl (C=O) groups excluding carboxylic acids is 2. The highest BCUT2D eigenvalue weighted by atomic mass is 32.1. The lowest BCUT2D eigenvalue weighted by atomic mass is 10.1. The number of thiazole rings is 1. The molecule has 0 spiro atoms. The van der Waals surface area contributed by atoms with Crippen molar-refractivity contribution in [3.63, 3.8) is 0 Å². The van der Waals surface area contributed by atoms with E-state index in [4.69, 9.17) is 4.74 Å². The number of carbonyl (C=O) groups is 2. The quantitative estimate of drug-likeness (QED) is 0.376. The second-order valence-corrected chi connectivity index (χ2v) is 5.59. The minimum Gasteiger partial charge on any atom is -0.427 e. The zero-order valence-corrected chi connectivity index (χ0v) is 12.5. The highest BCUT2D eigenvalue weighted by molar-refractivity contribution is 7.09. The third-order valence-electron chi connectivity index (χ3n) is 3.05. The van der Waals surface area contributed by atoms with Crippen molar-refractivity contribution in [2.24, 2.45) is 0 Å². The molecule has 0 saturated heterocycles. The van der Waals surface area contributed by atoms with Gasteiger partial charge in [-0.2, -0.15) is 4.57 Å². The Kier molecular flexibility index (Phi) is 4.29. The molecule has 0 aliphatic carbocycles. The standard InChI is InChI=1S/C15H16NO3S/c1-10-11(2)20-9-16(10)8-15(18)13-4-6-14(7-5-13)19-12(3)17/h4-7,9H,8H2,1-3H3/q+1. The molecule has 0 aliphatic rings. The summed E-state index contributed by atoms with van der Waals surface area (Å²) in [6.07, 6.45) is 0. The molecule has 0 saturated carbocycles. The molecule has 0 amide bonds. The summed E-state index contributed by atoms with van der Waals surface area (Å²) in [7, 11) is 0. The summed E-state index contributed by atoms with van der Waals surface area (Å²) < 4.78 is 6.88. The van der Waals surface area contributed by atoms with Crippen molar-refractivity contribution in [3.8, 4) is 5.75 Å². The van der Waals surface area contributed by atoms with E-state index in [1.807, 2.05) is 23.9 Å². The highest BCUT2D eigenvalue weighted by Crippen LogP contribution is 2.13. The van der Waals surface area contributed by atoms with Crippen LogP contribution in [0.2, 0.25) is 0 Å². The van der Waals surface area contributed by atoms with Crippen LogP contribution in [0.1, 0.15) is 27.9 Å². The lowest BCUT2D eigenvalue weighted by Crippen LogP contribution is -2.38. The van der Waals surface area contributed by atoms with Gasteiger partial charge in [-0.3, -0.25) is 9.59 Å². The van der Waals surface area contributed by atoms with E-state index in [1.54, 1.807) is 35.6 Å². The van der Waals surface area contributed by atoms with Gasteiger partial charge in [0.25, 0.3) is 0 Å². The van der Waals surface area contributed by atoms with E-state index in [0.717, 1.165) is 5.69 Å². The van der Waals surface area contributed by atoms with Crippen molar-refractivity contribution < 1.29 is 18.9 Å². The summed E-state index contributed by atoms with van der Waals surface area (Å²) in [5.41, 5.74) is 3.67. The fourth-order valence-corrected chi connectivity index (χ4v) is 2.59. The number of aryl methyl sites for hydroxylation is 1. The predicted octanol–water partition coefficient (Wildman–Crippen LogP) is 2.46. The minimum absolute atomic E-state index is 0.0327. The third kappa shape index (κ3) is 3.30. The Morgan fingerprint density at radius 1 is 1.20 bits per heavy atom. The molecule has 5 heteroatoms. The Balaban J connectivity index is 2.09. The second-order valence-electron chi connectivity index (χ2n) is 4.53. The van der Waals surface area contributed by atoms with Gasteiger partial charge in [0.1, 0.15) is 5.75 Å². The zero-order valence-electron chi connectivity index (χ0n) is 11.7. The van der Waals surface area contributed by atoms with Crippen LogP contribution >= 0.6 is 11.3 Å². The average molecular weight is 290 g/mol. The topological polar surface area (TPSA) is 47.3 Å². The second kappa shape index (κ2) is 5.96. The molecule has 0 atom stereocenters. The third-order valence-corrected chi connectivity index (χ3v) is 4.06. The molecule has 20 heavy (non-hydrogen) atoms. The number of esters is 1. The van der Waals surface area contributed by atoms with Crippen LogP contribution in [0.25, 0.3) is 0 Å². The molecule has 1 aromatic carbocycles. The van der Waals surface area contributed by atoms with Gasteiger partial charge in [0.05, 0.1) is 4.88 Å². The summed E-state index contributed by atoms with van der Waals surface area (Å²) in [6.45, 7) is 5.71. The molecule has 0 bridgehead atoms. The number of rotatable bonds is 4. The van der Waals surface area contributed by atoms with Crippen molar-refractivity contribution in [3.05, 3.63) is 45.9 Å². The zero-order chi connectivity index (χ0) is 14.7. The van der Waals surface area contributed by atoms with Gasteiger partial charge < -0.3 is 4.74 Å². The van der Waals surface area contributed by atoms with Crippen LogP contribution < -0.4 is 9.30 Å². The molecule has 0 aliphatic heterocycles. The Hall–Kier alpha value is -2.01. The van der Waals surface area contributed by atoms with Crippen LogP contribution in [0.5, 0.6) is 5.75 Å². The molecule has 1 aromatic heterocycles. The first-order valence-electron chi connectivity index (χ1n) is 6.23. The monoisotopic (exact) mass is 290 g/mol. The number of nitrogens with zero attached hydrogens (tertiary/aromatic N) is 1. The molecule has 4 nitrogen and oxygen atoms in total. The minimum atomic E-state index is -0.371. The summed E-state index contributed by atoms with van der Waals surface area (Å²) in [5, 5.41) is 0. The molecular weight excluding hydrogens is 274 g/mol. The van der Waals surface area contributed by atoms with Gasteiger partial charge in [-0.15, -0.1) is 0 Å². The fraction of sp³-hybridized carbons (Fsp3) is 0.267. The van der Waals surface area contributed by atoms with Gasteiger partial charge in [-0.25, -0.2) is 0 Å². The van der Waals surface area contributed by atoms with Gasteiger partial charge in [0.15, 0.2) is 5.69 Å². The molecule has 104 valence electrons. The number of Topliss-reactive ketones (excluding diaryl/α,β-unsaturated/α-hetero) is 1. The number of ether oxygens (including phenoxy) is 1. The Morgan fingerprint density at radius 3 is 2.35 bits per heavy atom. The maximum atomic E-state index is 12.2. The molecule has 0 N–H and O–H groups in total. The van der Waals surface area contributed by atoms with E-state index < -0.39 is 0 Å². The van der Waals surface area contributed by atoms with E-state index in [0.29, 0.717) is 17.9 Å². The van der Waals surface area contributed by atoms with Crippen LogP contribution in [0.3, 0.4) is 0 Å². The van der Waals surface area contributed by atoms with Crippen molar-refractivity contribution in [1.82, 2.24) is 0 Å². The van der Waals surface area contributed by atoms with Crippen molar-refractivity contribution in [2.45, 2.75) is 27.3 Å². The van der Waals surface area contributed by atoms with Crippen LogP contribution in [-0.2, 0) is 11.3 Å². The van der Waals surface area contributed by atoms with E-state index >= 15 is 0 Å². The number of aromatic nitrogens is 1. The molecule has 2 aromatic rings. The predicted molar refractivity (Wildman–Crippen MR) is 76.1 cm³/mol. The normalized spacial score (nSPS) is 10.3. The van der Waals surface area contributed by atoms with Gasteiger partial charge >= 0.3 is 5.97 Å². The Labute approximate surface area is 121 Å². The van der Waals surface area contributed by atoms with Gasteiger partial charge in [0.2, 0.25) is 17.8 Å². The van der Waals surface area contributed by atoms with Crippen LogP contribution in [-0.4, -0.2) is 11.8 Å². The molecule has 0 unspecified atom stereocenters. The van der Waals surface area contributed by atoms with E-state index in [1.165, 1.54) is 11.8 Å². The number of hydrogen-bond donors (Lipinski definition) is 0. The first kappa shape index (κ1) is 14.4. The largest absolute Gasteiger partial charge is 0.427 e. The van der Waals surface area contributed by atoms with E-state index in [9.17, 15) is 9.59 Å². The molecule has 0 radical (unpaired) electrons. The van der Waals surface area contributed by atoms with Gasteiger partial charge in [-0.1, -0.05) is 11.3 Å². The van der Waals surface area contributed by atoms with Crippen molar-refractivity contribution >= 4 is 23.1 Å². The fourth-order valence-electron chi connectivity index (χ4n) is 1.79. The molecular formula is C15H16NO3S+. The molecule has 1 heterocycles. The SMILES string of the molecule is CC(=O)Oc1ccc(C(=O)C[n+]2csc(C)c2C)cc1. The van der Waals surface area contributed by atoms with Gasteiger partial charge in [0, 0.05) is 19.4 Å². The average Bonchev–Trinajstić information content (AvgIpc) is 2.71. The lowest BCUT2D eigenvalue weighted by molar-refractivity contribution is -0.684. The lowest BCUT2D eigenvalue weighted by Gasteiger charge is -2.02. The van der Waals surface area contributed by atoms with Crippen molar-refractivity contribution in [1.29, 1.82) is 0 Å². The van der Waals surface area contributed by atoms with E-state index in [2.05, 4.69) is 0 Å². The maximum absolute atomic E-state index is 12.2. The smallest absolute Gasteiger partial charge is 0.308 e. The van der Waals surface area contributed by atoms with Crippen LogP contribution in [0.4, 0.5) is 0 Å². The molecule has 2 rings (SSSR count). The van der Waals surface area contributed by atoms with E-state index in [-0.39, 0.29) is 11.8 Å². The summed E-state index contributed by atoms with van der Waals surface area (Å²) in [5.74, 6) is 0.110. The summed E-state index contributed by atoms with van der Waals surface area (Å²) in [6, 6.07) is 6.61. The van der Waals surface area contributed by atoms with Crippen LogP contribution in [0.15, 0.2) is 29.8 Å². The highest BCUT2D eigenvalue weighted by Gasteiger charge is 2.17. The number of benzene rings is 1. The summed E-state index contributed by atoms with van der Waals surface area (Å²) >= 11 is 1.63. The number of hydrogen-bond acceptors (Lipinski definition) is 4. The first-order valence-corrected chi connectivity index (χ1v) is 7.11. The van der Waals surface area contributed by atoms with Crippen LogP contribution in [0, 0.1) is 13.8 Å². The number of ketones is 1. The summed E-state index contributed by atoms with van der Waals surface area (Å²) in [4.78, 5) is 24.2. The molecule has 0 fully saturated rings. The maximum Gasteiger partial charge on any atom is 0.308 e. The Bertz CT molecular complexity index is 644.